The molecule has 0 spiro atoms. The summed E-state index contributed by atoms with van der Waals surface area (Å²) in [4.78, 5) is 25.7. The van der Waals surface area contributed by atoms with Crippen molar-refractivity contribution in [2.45, 2.75) is 12.5 Å². The summed E-state index contributed by atoms with van der Waals surface area (Å²) in [7, 11) is 3.24. The van der Waals surface area contributed by atoms with Crippen LogP contribution in [0.1, 0.15) is 28.4 Å². The van der Waals surface area contributed by atoms with E-state index in [9.17, 15) is 14.0 Å². The molecule has 0 aromatic heterocycles. The van der Waals surface area contributed by atoms with Crippen molar-refractivity contribution in [3.8, 4) is 0 Å². The van der Waals surface area contributed by atoms with Crippen molar-refractivity contribution in [3.05, 3.63) is 71.5 Å². The largest absolute Gasteiger partial charge is 0.331 e. The Bertz CT molecular complexity index is 669. The van der Waals surface area contributed by atoms with Crippen LogP contribution in [0.2, 0.25) is 0 Å². The summed E-state index contributed by atoms with van der Waals surface area (Å²) in [5.74, 6) is -0.445. The lowest BCUT2D eigenvalue weighted by molar-refractivity contribution is 0.0969. The van der Waals surface area contributed by atoms with Crippen molar-refractivity contribution in [2.24, 2.45) is 0 Å². The van der Waals surface area contributed by atoms with Crippen molar-refractivity contribution >= 4 is 11.8 Å². The van der Waals surface area contributed by atoms with Gasteiger partial charge in [0.05, 0.1) is 6.04 Å². The van der Waals surface area contributed by atoms with Gasteiger partial charge in [-0.3, -0.25) is 4.79 Å². The number of Topliss-reactive ketones (excluding diaryl/α,β-unsaturated/α-hetero) is 1. The number of nitrogens with one attached hydrogen (secondary N) is 1. The molecule has 2 aromatic carbocycles. The number of nitrogens with zero attached hydrogens (tertiary/aromatic N) is 1. The molecule has 2 aromatic rings. The minimum Gasteiger partial charge on any atom is -0.331 e. The highest BCUT2D eigenvalue weighted by molar-refractivity contribution is 5.96. The molecule has 1 atom stereocenters. The van der Waals surface area contributed by atoms with Gasteiger partial charge >= 0.3 is 6.03 Å². The van der Waals surface area contributed by atoms with Gasteiger partial charge in [-0.15, -0.1) is 0 Å². The second kappa shape index (κ2) is 7.54. The number of carbonyl (C=O) groups is 2. The second-order valence-electron chi connectivity index (χ2n) is 5.44. The first-order chi connectivity index (χ1) is 11.0. The van der Waals surface area contributed by atoms with Crippen LogP contribution in [-0.2, 0) is 0 Å². The first-order valence-corrected chi connectivity index (χ1v) is 7.29. The minimum absolute atomic E-state index is 0.0843. The van der Waals surface area contributed by atoms with E-state index in [-0.39, 0.29) is 24.1 Å². The molecule has 0 bridgehead atoms. The van der Waals surface area contributed by atoms with Gasteiger partial charge in [0.1, 0.15) is 5.82 Å². The molecule has 0 saturated heterocycles. The van der Waals surface area contributed by atoms with Gasteiger partial charge < -0.3 is 10.2 Å². The Kier molecular flexibility index (Phi) is 5.46. The van der Waals surface area contributed by atoms with E-state index in [2.05, 4.69) is 5.32 Å². The zero-order valence-electron chi connectivity index (χ0n) is 13.1. The Hall–Kier alpha value is -2.69. The van der Waals surface area contributed by atoms with E-state index in [1.165, 1.54) is 17.0 Å². The molecule has 1 unspecified atom stereocenters. The van der Waals surface area contributed by atoms with Crippen molar-refractivity contribution in [3.63, 3.8) is 0 Å². The predicted molar refractivity (Wildman–Crippen MR) is 86.7 cm³/mol. The Morgan fingerprint density at radius 3 is 2.22 bits per heavy atom. The van der Waals surface area contributed by atoms with Crippen LogP contribution in [0.5, 0.6) is 0 Å². The third-order valence-electron chi connectivity index (χ3n) is 3.46. The van der Waals surface area contributed by atoms with Gasteiger partial charge in [-0.25, -0.2) is 9.18 Å². The lowest BCUT2D eigenvalue weighted by atomic mass is 9.98. The van der Waals surface area contributed by atoms with Crippen LogP contribution >= 0.6 is 0 Å². The Balaban J connectivity index is 2.21. The highest BCUT2D eigenvalue weighted by Gasteiger charge is 2.20. The molecule has 0 aliphatic heterocycles. The summed E-state index contributed by atoms with van der Waals surface area (Å²) < 4.78 is 13.1. The van der Waals surface area contributed by atoms with Gasteiger partial charge in [-0.05, 0) is 17.7 Å². The fraction of sp³-hybridized carbons (Fsp3) is 0.222. The summed E-state index contributed by atoms with van der Waals surface area (Å²) in [6.45, 7) is 0. The number of hydrogen-bond donors (Lipinski definition) is 1. The SMILES string of the molecule is CN(C)C(=O)NC(CC(=O)c1ccccc1)c1ccc(F)cc1. The van der Waals surface area contributed by atoms with Crippen molar-refractivity contribution in [1.82, 2.24) is 10.2 Å². The van der Waals surface area contributed by atoms with Gasteiger partial charge in [-0.2, -0.15) is 0 Å². The van der Waals surface area contributed by atoms with Gasteiger partial charge in [0.2, 0.25) is 0 Å². The molecule has 5 heteroatoms. The molecule has 120 valence electrons. The third-order valence-corrected chi connectivity index (χ3v) is 3.46. The number of rotatable bonds is 5. The fourth-order valence-electron chi connectivity index (χ4n) is 2.15. The molecule has 1 N–H and O–H groups in total. The Morgan fingerprint density at radius 1 is 1.04 bits per heavy atom. The first kappa shape index (κ1) is 16.7. The zero-order chi connectivity index (χ0) is 16.8. The Morgan fingerprint density at radius 2 is 1.65 bits per heavy atom. The molecule has 0 heterocycles. The molecule has 23 heavy (non-hydrogen) atoms. The summed E-state index contributed by atoms with van der Waals surface area (Å²) in [6.07, 6.45) is 0.106. The number of carbonyl (C=O) groups excluding carboxylic acids is 2. The smallest absolute Gasteiger partial charge is 0.317 e. The summed E-state index contributed by atoms with van der Waals surface area (Å²) >= 11 is 0. The van der Waals surface area contributed by atoms with E-state index in [1.807, 2.05) is 6.07 Å². The molecule has 0 radical (unpaired) electrons. The van der Waals surface area contributed by atoms with Gasteiger partial charge in [-0.1, -0.05) is 42.5 Å². The maximum Gasteiger partial charge on any atom is 0.317 e. The van der Waals surface area contributed by atoms with E-state index < -0.39 is 6.04 Å². The lowest BCUT2D eigenvalue weighted by Gasteiger charge is -2.21. The quantitative estimate of drug-likeness (QED) is 0.860. The highest BCUT2D eigenvalue weighted by atomic mass is 19.1. The van der Waals surface area contributed by atoms with Crippen LogP contribution in [0.25, 0.3) is 0 Å². The van der Waals surface area contributed by atoms with Crippen molar-refractivity contribution in [2.75, 3.05) is 14.1 Å². The lowest BCUT2D eigenvalue weighted by Crippen LogP contribution is -2.38. The number of hydrogen-bond acceptors (Lipinski definition) is 2. The van der Waals surface area contributed by atoms with Crippen LogP contribution in [0.3, 0.4) is 0 Å². The molecule has 4 nitrogen and oxygen atoms in total. The zero-order valence-corrected chi connectivity index (χ0v) is 13.1. The predicted octanol–water partition coefficient (Wildman–Crippen LogP) is 3.41. The first-order valence-electron chi connectivity index (χ1n) is 7.29. The van der Waals surface area contributed by atoms with Crippen LogP contribution in [-0.4, -0.2) is 30.8 Å². The minimum atomic E-state index is -0.516. The van der Waals surface area contributed by atoms with E-state index in [0.717, 1.165) is 0 Å². The summed E-state index contributed by atoms with van der Waals surface area (Å²) in [5, 5.41) is 2.80. The van der Waals surface area contributed by atoms with E-state index in [4.69, 9.17) is 0 Å². The molecule has 2 amide bonds. The average Bonchev–Trinajstić information content (AvgIpc) is 2.55. The standard InChI is InChI=1S/C18H19FN2O2/c1-21(2)18(23)20-16(13-8-10-15(19)11-9-13)12-17(22)14-6-4-3-5-7-14/h3-11,16H,12H2,1-2H3,(H,20,23). The van der Waals surface area contributed by atoms with Gasteiger partial charge in [0, 0.05) is 26.1 Å². The van der Waals surface area contributed by atoms with Gasteiger partial charge in [0.15, 0.2) is 5.78 Å². The number of ketones is 1. The van der Waals surface area contributed by atoms with Crippen molar-refractivity contribution in [1.29, 1.82) is 0 Å². The summed E-state index contributed by atoms with van der Waals surface area (Å²) in [5.41, 5.74) is 1.27. The second-order valence-corrected chi connectivity index (χ2v) is 5.44. The summed E-state index contributed by atoms with van der Waals surface area (Å²) in [6, 6.07) is 13.9. The number of amides is 2. The molecular formula is C18H19FN2O2. The monoisotopic (exact) mass is 314 g/mol. The molecule has 0 saturated carbocycles. The highest BCUT2D eigenvalue weighted by Crippen LogP contribution is 2.20. The number of halogens is 1. The maximum absolute atomic E-state index is 13.1. The van der Waals surface area contributed by atoms with E-state index in [1.54, 1.807) is 50.5 Å². The van der Waals surface area contributed by atoms with E-state index >= 15 is 0 Å². The molecule has 0 fully saturated rings. The molecule has 0 aliphatic rings. The van der Waals surface area contributed by atoms with Crippen LogP contribution in [0, 0.1) is 5.82 Å². The van der Waals surface area contributed by atoms with Crippen molar-refractivity contribution < 1.29 is 14.0 Å². The number of benzene rings is 2. The average molecular weight is 314 g/mol. The van der Waals surface area contributed by atoms with Crippen LogP contribution in [0.4, 0.5) is 9.18 Å². The third kappa shape index (κ3) is 4.64. The molecular weight excluding hydrogens is 295 g/mol. The maximum atomic E-state index is 13.1. The van der Waals surface area contributed by atoms with E-state index in [0.29, 0.717) is 11.1 Å². The van der Waals surface area contributed by atoms with Crippen LogP contribution in [0.15, 0.2) is 54.6 Å². The topological polar surface area (TPSA) is 49.4 Å². The fourth-order valence-corrected chi connectivity index (χ4v) is 2.15. The Labute approximate surface area is 134 Å². The number of urea groups is 1. The molecule has 2 rings (SSSR count). The molecule has 0 aliphatic carbocycles. The normalized spacial score (nSPS) is 11.6. The van der Waals surface area contributed by atoms with Crippen LogP contribution < -0.4 is 5.32 Å². The van der Waals surface area contributed by atoms with Gasteiger partial charge in [0.25, 0.3) is 0 Å².